The summed E-state index contributed by atoms with van der Waals surface area (Å²) in [5.74, 6) is -0.593. The van der Waals surface area contributed by atoms with Crippen LogP contribution < -0.4 is 5.32 Å². The van der Waals surface area contributed by atoms with E-state index in [4.69, 9.17) is 9.73 Å². The highest BCUT2D eigenvalue weighted by Gasteiger charge is 2.22. The number of hydrogen-bond acceptors (Lipinski definition) is 6. The monoisotopic (exact) mass is 524 g/mol. The molecule has 4 aromatic rings. The van der Waals surface area contributed by atoms with Crippen molar-refractivity contribution in [3.8, 4) is 5.88 Å². The molecule has 1 saturated heterocycles. The second-order valence-corrected chi connectivity index (χ2v) is 10.0. The van der Waals surface area contributed by atoms with Gasteiger partial charge in [-0.3, -0.25) is 4.79 Å². The lowest BCUT2D eigenvalue weighted by Crippen LogP contribution is -2.46. The molecule has 8 heteroatoms. The van der Waals surface area contributed by atoms with Crippen molar-refractivity contribution < 1.29 is 19.4 Å². The third-order valence-electron chi connectivity index (χ3n) is 7.14. The van der Waals surface area contributed by atoms with E-state index < -0.39 is 5.97 Å². The molecule has 39 heavy (non-hydrogen) atoms. The van der Waals surface area contributed by atoms with Gasteiger partial charge in [-0.1, -0.05) is 30.3 Å². The fraction of sp³-hybridized carbons (Fsp3) is 0.258. The van der Waals surface area contributed by atoms with Crippen molar-refractivity contribution in [1.82, 2.24) is 15.2 Å². The lowest BCUT2D eigenvalue weighted by molar-refractivity contribution is 0.0600. The Balaban J connectivity index is 1.51. The zero-order valence-corrected chi connectivity index (χ0v) is 22.3. The van der Waals surface area contributed by atoms with Gasteiger partial charge in [0.05, 0.1) is 29.6 Å². The number of likely N-dealkylation sites (N-methyl/N-ethyl adjacent to an activating group) is 1. The van der Waals surface area contributed by atoms with Gasteiger partial charge in [-0.15, -0.1) is 0 Å². The summed E-state index contributed by atoms with van der Waals surface area (Å²) >= 11 is 0. The van der Waals surface area contributed by atoms with Crippen LogP contribution in [0.3, 0.4) is 0 Å². The summed E-state index contributed by atoms with van der Waals surface area (Å²) in [6, 6.07) is 20.4. The fourth-order valence-electron chi connectivity index (χ4n) is 5.14. The molecule has 0 radical (unpaired) electrons. The van der Waals surface area contributed by atoms with E-state index in [1.165, 1.54) is 7.11 Å². The number of piperidine rings is 1. The number of amides is 1. The summed E-state index contributed by atoms with van der Waals surface area (Å²) in [4.78, 5) is 35.2. The van der Waals surface area contributed by atoms with Crippen molar-refractivity contribution in [3.63, 3.8) is 0 Å². The number of esters is 1. The van der Waals surface area contributed by atoms with E-state index in [0.717, 1.165) is 42.4 Å². The first kappa shape index (κ1) is 26.2. The first-order chi connectivity index (χ1) is 18.8. The SMILES string of the molecule is COC(=O)c1cc2[nH]c(O)c(C(=Nc3ccc(C(=O)N[C@H]4CCCN(C)C4)cc3)c3ccccc3)c2cc1C. The third-order valence-corrected chi connectivity index (χ3v) is 7.14. The Bertz CT molecular complexity index is 1540. The lowest BCUT2D eigenvalue weighted by Gasteiger charge is -2.30. The van der Waals surface area contributed by atoms with Crippen LogP contribution in [-0.2, 0) is 4.74 Å². The summed E-state index contributed by atoms with van der Waals surface area (Å²) in [6.45, 7) is 3.73. The van der Waals surface area contributed by atoms with Gasteiger partial charge in [0.15, 0.2) is 5.88 Å². The van der Waals surface area contributed by atoms with Crippen LogP contribution in [0.4, 0.5) is 5.69 Å². The molecule has 0 aliphatic carbocycles. The molecule has 1 aliphatic heterocycles. The van der Waals surface area contributed by atoms with Gasteiger partial charge in [0, 0.05) is 34.6 Å². The van der Waals surface area contributed by atoms with E-state index in [1.54, 1.807) is 30.3 Å². The number of aromatic hydroxyl groups is 1. The molecule has 0 bridgehead atoms. The highest BCUT2D eigenvalue weighted by Crippen LogP contribution is 2.33. The predicted octanol–water partition coefficient (Wildman–Crippen LogP) is 4.96. The summed E-state index contributed by atoms with van der Waals surface area (Å²) in [5.41, 5.74) is 4.85. The zero-order valence-electron chi connectivity index (χ0n) is 22.3. The van der Waals surface area contributed by atoms with Crippen molar-refractivity contribution >= 4 is 34.2 Å². The van der Waals surface area contributed by atoms with Crippen LogP contribution in [-0.4, -0.2) is 65.9 Å². The minimum Gasteiger partial charge on any atom is -0.494 e. The molecule has 5 rings (SSSR count). The maximum absolute atomic E-state index is 12.8. The van der Waals surface area contributed by atoms with Gasteiger partial charge in [-0.05, 0) is 75.3 Å². The van der Waals surface area contributed by atoms with Gasteiger partial charge in [0.25, 0.3) is 5.91 Å². The number of benzene rings is 3. The van der Waals surface area contributed by atoms with Crippen LogP contribution in [0.15, 0.2) is 71.7 Å². The number of carbonyl (C=O) groups is 2. The number of hydrogen-bond donors (Lipinski definition) is 3. The molecule has 1 aliphatic rings. The van der Waals surface area contributed by atoms with Gasteiger partial charge >= 0.3 is 5.97 Å². The number of fused-ring (bicyclic) bond motifs is 1. The second-order valence-electron chi connectivity index (χ2n) is 10.0. The minimum absolute atomic E-state index is 0.0533. The van der Waals surface area contributed by atoms with Crippen molar-refractivity contribution in [3.05, 3.63) is 94.5 Å². The van der Waals surface area contributed by atoms with Crippen LogP contribution in [0.5, 0.6) is 5.88 Å². The number of aryl methyl sites for hydroxylation is 1. The smallest absolute Gasteiger partial charge is 0.338 e. The Morgan fingerprint density at radius 2 is 1.82 bits per heavy atom. The predicted molar refractivity (Wildman–Crippen MR) is 152 cm³/mol. The van der Waals surface area contributed by atoms with E-state index in [2.05, 4.69) is 22.2 Å². The summed E-state index contributed by atoms with van der Waals surface area (Å²) in [7, 11) is 3.41. The van der Waals surface area contributed by atoms with Gasteiger partial charge in [0.1, 0.15) is 0 Å². The molecular weight excluding hydrogens is 492 g/mol. The fourth-order valence-corrected chi connectivity index (χ4v) is 5.14. The number of aromatic amines is 1. The van der Waals surface area contributed by atoms with Crippen molar-refractivity contribution in [2.75, 3.05) is 27.2 Å². The largest absolute Gasteiger partial charge is 0.494 e. The average Bonchev–Trinajstić information content (AvgIpc) is 3.25. The minimum atomic E-state index is -0.443. The van der Waals surface area contributed by atoms with E-state index in [1.807, 2.05) is 43.3 Å². The molecule has 0 spiro atoms. The van der Waals surface area contributed by atoms with Gasteiger partial charge in [0.2, 0.25) is 0 Å². The molecule has 200 valence electrons. The highest BCUT2D eigenvalue weighted by atomic mass is 16.5. The normalized spacial score (nSPS) is 16.3. The quantitative estimate of drug-likeness (QED) is 0.244. The van der Waals surface area contributed by atoms with E-state index in [9.17, 15) is 14.7 Å². The number of methoxy groups -OCH3 is 1. The maximum Gasteiger partial charge on any atom is 0.338 e. The molecule has 1 aromatic heterocycles. The van der Waals surface area contributed by atoms with Crippen LogP contribution in [0.1, 0.15) is 50.2 Å². The molecule has 3 N–H and O–H groups in total. The third kappa shape index (κ3) is 5.56. The molecule has 3 aromatic carbocycles. The van der Waals surface area contributed by atoms with Crippen LogP contribution >= 0.6 is 0 Å². The number of nitrogens with zero attached hydrogens (tertiary/aromatic N) is 2. The first-order valence-corrected chi connectivity index (χ1v) is 13.0. The molecule has 8 nitrogen and oxygen atoms in total. The Kier molecular flexibility index (Phi) is 7.47. The van der Waals surface area contributed by atoms with Crippen LogP contribution in [0.2, 0.25) is 0 Å². The summed E-state index contributed by atoms with van der Waals surface area (Å²) in [6.07, 6.45) is 2.05. The molecule has 1 atom stereocenters. The Labute approximate surface area is 227 Å². The lowest BCUT2D eigenvalue weighted by atomic mass is 9.98. The molecule has 1 fully saturated rings. The van der Waals surface area contributed by atoms with Gasteiger partial charge in [-0.25, -0.2) is 9.79 Å². The second kappa shape index (κ2) is 11.1. The van der Waals surface area contributed by atoms with Crippen LogP contribution in [0, 0.1) is 6.92 Å². The van der Waals surface area contributed by atoms with Crippen molar-refractivity contribution in [1.29, 1.82) is 0 Å². The Morgan fingerprint density at radius 1 is 1.08 bits per heavy atom. The van der Waals surface area contributed by atoms with Crippen molar-refractivity contribution in [2.24, 2.45) is 4.99 Å². The number of likely N-dealkylation sites (tertiary alicyclic amines) is 1. The summed E-state index contributed by atoms with van der Waals surface area (Å²) < 4.78 is 4.90. The number of H-pyrrole nitrogens is 1. The number of rotatable bonds is 6. The number of aliphatic imine (C=N–C) groups is 1. The number of nitrogens with one attached hydrogen (secondary N) is 2. The Hall–Kier alpha value is -4.43. The Morgan fingerprint density at radius 3 is 2.51 bits per heavy atom. The topological polar surface area (TPSA) is 107 Å². The molecular formula is C31H32N4O4. The standard InChI is InChI=1S/C31H32N4O4/c1-19-16-25-26(17-24(19)31(38)39-3)34-30(37)27(25)28(20-8-5-4-6-9-20)32-22-13-11-21(12-14-22)29(36)33-23-10-7-15-35(2)18-23/h4-6,8-9,11-14,16-17,23,34,37H,7,10,15,18H2,1-3H3,(H,33,36)/t23-/m0/s1. The maximum atomic E-state index is 12.8. The van der Waals surface area contributed by atoms with Crippen LogP contribution in [0.25, 0.3) is 10.9 Å². The van der Waals surface area contributed by atoms with Gasteiger partial charge in [-0.2, -0.15) is 0 Å². The summed E-state index contributed by atoms with van der Waals surface area (Å²) in [5, 5.41) is 14.9. The van der Waals surface area contributed by atoms with Crippen molar-refractivity contribution in [2.45, 2.75) is 25.8 Å². The zero-order chi connectivity index (χ0) is 27.5. The molecule has 0 saturated carbocycles. The molecule has 0 unspecified atom stereocenters. The number of aromatic nitrogens is 1. The average molecular weight is 525 g/mol. The molecule has 2 heterocycles. The highest BCUT2D eigenvalue weighted by molar-refractivity contribution is 6.22. The van der Waals surface area contributed by atoms with Gasteiger partial charge < -0.3 is 25.0 Å². The van der Waals surface area contributed by atoms with E-state index in [0.29, 0.717) is 33.6 Å². The van der Waals surface area contributed by atoms with E-state index in [-0.39, 0.29) is 17.8 Å². The molecule has 1 amide bonds. The number of ether oxygens (including phenoxy) is 1. The van der Waals surface area contributed by atoms with E-state index >= 15 is 0 Å². The first-order valence-electron chi connectivity index (χ1n) is 13.0. The number of carbonyl (C=O) groups excluding carboxylic acids is 2.